The van der Waals surface area contributed by atoms with Gasteiger partial charge in [-0.15, -0.1) is 0 Å². The lowest BCUT2D eigenvalue weighted by Crippen LogP contribution is -2.51. The van der Waals surface area contributed by atoms with Crippen LogP contribution in [-0.2, 0) is 4.79 Å². The van der Waals surface area contributed by atoms with E-state index in [1.165, 1.54) is 6.42 Å². The van der Waals surface area contributed by atoms with Crippen LogP contribution in [0, 0.1) is 0 Å². The summed E-state index contributed by atoms with van der Waals surface area (Å²) in [4.78, 5) is 14.4. The molecule has 1 aliphatic heterocycles. The van der Waals surface area contributed by atoms with Crippen molar-refractivity contribution in [1.29, 1.82) is 0 Å². The topological polar surface area (TPSA) is 58.4 Å². The summed E-state index contributed by atoms with van der Waals surface area (Å²) in [6.07, 6.45) is 3.43. The molecule has 0 saturated carbocycles. The normalized spacial score (nSPS) is 23.6. The molecule has 110 valence electrons. The van der Waals surface area contributed by atoms with Crippen molar-refractivity contribution in [2.24, 2.45) is 5.73 Å². The molecule has 2 atom stereocenters. The fourth-order valence-corrected chi connectivity index (χ4v) is 3.21. The molecule has 2 unspecified atom stereocenters. The van der Waals surface area contributed by atoms with E-state index >= 15 is 0 Å². The van der Waals surface area contributed by atoms with Crippen LogP contribution in [0.3, 0.4) is 0 Å². The third kappa shape index (κ3) is 4.04. The number of amides is 1. The lowest BCUT2D eigenvalue weighted by molar-refractivity contribution is -0.118. The molecule has 0 radical (unpaired) electrons. The molecule has 0 bridgehead atoms. The number of carbonyl (C=O) groups excluding carboxylic acids is 1. The maximum Gasteiger partial charge on any atom is 0.238 e. The van der Waals surface area contributed by atoms with E-state index < -0.39 is 0 Å². The van der Waals surface area contributed by atoms with Crippen LogP contribution in [0.25, 0.3) is 0 Å². The van der Waals surface area contributed by atoms with Crippen molar-refractivity contribution in [1.82, 2.24) is 4.90 Å². The minimum atomic E-state index is 0.0234. The molecule has 20 heavy (non-hydrogen) atoms. The molecule has 1 fully saturated rings. The minimum absolute atomic E-state index is 0.0234. The first-order valence-corrected chi connectivity index (χ1v) is 7.90. The monoisotopic (exact) mass is 339 g/mol. The standard InChI is InChI=1S/C15H22BrN3O/c1-11-4-2-7-14(9-17)19(11)10-15(20)18-13-6-3-5-12(16)8-13/h3,5-6,8,11,14H,2,4,7,9-10,17H2,1H3,(H,18,20). The van der Waals surface area contributed by atoms with Gasteiger partial charge in [0.15, 0.2) is 0 Å². The van der Waals surface area contributed by atoms with Crippen molar-refractivity contribution in [2.45, 2.75) is 38.3 Å². The van der Waals surface area contributed by atoms with Crippen molar-refractivity contribution in [2.75, 3.05) is 18.4 Å². The zero-order chi connectivity index (χ0) is 14.5. The second-order valence-electron chi connectivity index (χ2n) is 5.40. The Balaban J connectivity index is 1.96. The number of piperidine rings is 1. The van der Waals surface area contributed by atoms with E-state index in [0.29, 0.717) is 25.2 Å². The van der Waals surface area contributed by atoms with Gasteiger partial charge in [0.2, 0.25) is 5.91 Å². The highest BCUT2D eigenvalue weighted by Gasteiger charge is 2.28. The van der Waals surface area contributed by atoms with Gasteiger partial charge in [0, 0.05) is 28.8 Å². The van der Waals surface area contributed by atoms with E-state index in [1.807, 2.05) is 24.3 Å². The van der Waals surface area contributed by atoms with Gasteiger partial charge in [-0.05, 0) is 38.0 Å². The van der Waals surface area contributed by atoms with Crippen LogP contribution in [0.4, 0.5) is 5.69 Å². The first-order valence-electron chi connectivity index (χ1n) is 7.11. The second kappa shape index (κ2) is 7.20. The molecule has 1 aliphatic rings. The summed E-state index contributed by atoms with van der Waals surface area (Å²) in [6.45, 7) is 3.21. The van der Waals surface area contributed by atoms with Crippen molar-refractivity contribution in [3.63, 3.8) is 0 Å². The lowest BCUT2D eigenvalue weighted by Gasteiger charge is -2.39. The Morgan fingerprint density at radius 2 is 2.30 bits per heavy atom. The van der Waals surface area contributed by atoms with Gasteiger partial charge >= 0.3 is 0 Å². The molecule has 0 spiro atoms. The van der Waals surface area contributed by atoms with Crippen molar-refractivity contribution < 1.29 is 4.79 Å². The fourth-order valence-electron chi connectivity index (χ4n) is 2.81. The number of nitrogens with one attached hydrogen (secondary N) is 1. The number of nitrogens with two attached hydrogens (primary N) is 1. The Morgan fingerprint density at radius 1 is 1.50 bits per heavy atom. The van der Waals surface area contributed by atoms with Crippen LogP contribution in [0.2, 0.25) is 0 Å². The molecule has 1 saturated heterocycles. The van der Waals surface area contributed by atoms with E-state index in [4.69, 9.17) is 5.73 Å². The Hall–Kier alpha value is -0.910. The number of benzene rings is 1. The first-order chi connectivity index (χ1) is 9.60. The summed E-state index contributed by atoms with van der Waals surface area (Å²) in [5.74, 6) is 0.0234. The summed E-state index contributed by atoms with van der Waals surface area (Å²) < 4.78 is 0.960. The molecular weight excluding hydrogens is 318 g/mol. The summed E-state index contributed by atoms with van der Waals surface area (Å²) >= 11 is 3.40. The first kappa shape index (κ1) is 15.5. The Bertz CT molecular complexity index is 466. The number of likely N-dealkylation sites (tertiary alicyclic amines) is 1. The number of rotatable bonds is 4. The molecule has 1 heterocycles. The number of nitrogens with zero attached hydrogens (tertiary/aromatic N) is 1. The highest BCUT2D eigenvalue weighted by molar-refractivity contribution is 9.10. The highest BCUT2D eigenvalue weighted by atomic mass is 79.9. The van der Waals surface area contributed by atoms with E-state index in [-0.39, 0.29) is 5.91 Å². The third-order valence-electron chi connectivity index (χ3n) is 3.90. The number of hydrogen-bond acceptors (Lipinski definition) is 3. The minimum Gasteiger partial charge on any atom is -0.329 e. The fraction of sp³-hybridized carbons (Fsp3) is 0.533. The molecule has 2 rings (SSSR count). The summed E-state index contributed by atoms with van der Waals surface area (Å²) in [7, 11) is 0. The Labute approximate surface area is 128 Å². The van der Waals surface area contributed by atoms with E-state index in [9.17, 15) is 4.79 Å². The molecule has 1 aromatic rings. The maximum absolute atomic E-state index is 12.2. The largest absolute Gasteiger partial charge is 0.329 e. The van der Waals surface area contributed by atoms with Crippen LogP contribution in [-0.4, -0.2) is 36.0 Å². The average molecular weight is 340 g/mol. The highest BCUT2D eigenvalue weighted by Crippen LogP contribution is 2.22. The molecule has 1 amide bonds. The predicted molar refractivity (Wildman–Crippen MR) is 85.6 cm³/mol. The Morgan fingerprint density at radius 3 is 3.00 bits per heavy atom. The molecular formula is C15H22BrN3O. The van der Waals surface area contributed by atoms with Gasteiger partial charge in [0.25, 0.3) is 0 Å². The Kier molecular flexibility index (Phi) is 5.57. The number of anilines is 1. The number of carbonyl (C=O) groups is 1. The number of hydrogen-bond donors (Lipinski definition) is 2. The van der Waals surface area contributed by atoms with Gasteiger partial charge in [0.1, 0.15) is 0 Å². The van der Waals surface area contributed by atoms with Crippen LogP contribution in [0.15, 0.2) is 28.7 Å². The molecule has 3 N–H and O–H groups in total. The van der Waals surface area contributed by atoms with Crippen LogP contribution < -0.4 is 11.1 Å². The maximum atomic E-state index is 12.2. The van der Waals surface area contributed by atoms with Gasteiger partial charge in [-0.3, -0.25) is 9.69 Å². The quantitative estimate of drug-likeness (QED) is 0.886. The van der Waals surface area contributed by atoms with Gasteiger partial charge in [-0.1, -0.05) is 28.4 Å². The van der Waals surface area contributed by atoms with Crippen molar-refractivity contribution >= 4 is 27.5 Å². The molecule has 4 nitrogen and oxygen atoms in total. The van der Waals surface area contributed by atoms with E-state index in [2.05, 4.69) is 33.1 Å². The summed E-state index contributed by atoms with van der Waals surface area (Å²) in [5, 5.41) is 2.94. The molecule has 0 aliphatic carbocycles. The van der Waals surface area contributed by atoms with Crippen LogP contribution >= 0.6 is 15.9 Å². The predicted octanol–water partition coefficient (Wildman–Crippen LogP) is 2.59. The summed E-state index contributed by atoms with van der Waals surface area (Å²) in [6, 6.07) is 8.39. The zero-order valence-electron chi connectivity index (χ0n) is 11.8. The SMILES string of the molecule is CC1CCCC(CN)N1CC(=O)Nc1cccc(Br)c1. The second-order valence-corrected chi connectivity index (χ2v) is 6.32. The van der Waals surface area contributed by atoms with Crippen molar-refractivity contribution in [3.8, 4) is 0 Å². The smallest absolute Gasteiger partial charge is 0.238 e. The van der Waals surface area contributed by atoms with Gasteiger partial charge in [-0.25, -0.2) is 0 Å². The average Bonchev–Trinajstić information content (AvgIpc) is 2.41. The van der Waals surface area contributed by atoms with Gasteiger partial charge in [-0.2, -0.15) is 0 Å². The van der Waals surface area contributed by atoms with Gasteiger partial charge < -0.3 is 11.1 Å². The number of halogens is 1. The third-order valence-corrected chi connectivity index (χ3v) is 4.39. The molecule has 0 aromatic heterocycles. The summed E-state index contributed by atoms with van der Waals surface area (Å²) in [5.41, 5.74) is 6.64. The zero-order valence-corrected chi connectivity index (χ0v) is 13.4. The van der Waals surface area contributed by atoms with E-state index in [0.717, 1.165) is 23.0 Å². The molecule has 5 heteroatoms. The van der Waals surface area contributed by atoms with Crippen molar-refractivity contribution in [3.05, 3.63) is 28.7 Å². The van der Waals surface area contributed by atoms with E-state index in [1.54, 1.807) is 0 Å². The molecule has 1 aromatic carbocycles. The van der Waals surface area contributed by atoms with Gasteiger partial charge in [0.05, 0.1) is 6.54 Å². The lowest BCUT2D eigenvalue weighted by atomic mass is 9.96. The van der Waals surface area contributed by atoms with Crippen LogP contribution in [0.5, 0.6) is 0 Å². The van der Waals surface area contributed by atoms with Crippen LogP contribution in [0.1, 0.15) is 26.2 Å².